The van der Waals surface area contributed by atoms with Crippen LogP contribution in [0.15, 0.2) is 48.5 Å². The van der Waals surface area contributed by atoms with Gasteiger partial charge in [0.15, 0.2) is 0 Å². The third kappa shape index (κ3) is 1.35. The topological polar surface area (TPSA) is 17.1 Å². The minimum Gasteiger partial charge on any atom is -0.299 e. The molecule has 1 heteroatoms. The van der Waals surface area contributed by atoms with Crippen molar-refractivity contribution < 1.29 is 4.79 Å². The summed E-state index contributed by atoms with van der Waals surface area (Å²) in [4.78, 5) is 12.7. The van der Waals surface area contributed by atoms with Gasteiger partial charge in [-0.05, 0) is 42.0 Å². The van der Waals surface area contributed by atoms with Crippen LogP contribution < -0.4 is 0 Å². The average Bonchev–Trinajstić information content (AvgIpc) is 2.50. The smallest absolute Gasteiger partial charge is 0.143 e. The molecule has 1 saturated carbocycles. The van der Waals surface area contributed by atoms with Crippen LogP contribution in [0.3, 0.4) is 0 Å². The van der Waals surface area contributed by atoms with Crippen molar-refractivity contribution in [3.05, 3.63) is 59.7 Å². The average molecular weight is 262 g/mol. The summed E-state index contributed by atoms with van der Waals surface area (Å²) in [6, 6.07) is 17.1. The van der Waals surface area contributed by atoms with Crippen molar-refractivity contribution in [1.82, 2.24) is 0 Å². The summed E-state index contributed by atoms with van der Waals surface area (Å²) >= 11 is 0. The molecule has 0 aliphatic heterocycles. The zero-order valence-corrected chi connectivity index (χ0v) is 11.7. The van der Waals surface area contributed by atoms with Gasteiger partial charge in [-0.15, -0.1) is 0 Å². The van der Waals surface area contributed by atoms with Gasteiger partial charge in [0.05, 0.1) is 5.41 Å². The van der Waals surface area contributed by atoms with Gasteiger partial charge in [0.1, 0.15) is 5.78 Å². The third-order valence-corrected chi connectivity index (χ3v) is 5.29. The van der Waals surface area contributed by atoms with Crippen LogP contribution in [0, 0.1) is 0 Å². The maximum Gasteiger partial charge on any atom is 0.143 e. The Kier molecular flexibility index (Phi) is 2.41. The number of fused-ring (bicyclic) bond motifs is 6. The summed E-state index contributed by atoms with van der Waals surface area (Å²) in [5.41, 5.74) is 4.83. The standard InChI is InChI=1S/C19H18O/c1-19-16-10-5-4-9-14(16)13-7-2-3-8-15(13)17(19)11-6-12-18(19)20/h2-5,7-10,17H,6,11-12H2,1H3/t17-,19-/m1/s1. The van der Waals surface area contributed by atoms with Crippen LogP contribution in [0.2, 0.25) is 0 Å². The summed E-state index contributed by atoms with van der Waals surface area (Å²) in [6.07, 6.45) is 2.87. The summed E-state index contributed by atoms with van der Waals surface area (Å²) in [6.45, 7) is 2.16. The summed E-state index contributed by atoms with van der Waals surface area (Å²) < 4.78 is 0. The molecule has 0 amide bonds. The van der Waals surface area contributed by atoms with Crippen LogP contribution in [0.25, 0.3) is 11.1 Å². The quantitative estimate of drug-likeness (QED) is 0.685. The predicted octanol–water partition coefficient (Wildman–Crippen LogP) is 4.46. The molecule has 2 aliphatic carbocycles. The molecule has 1 nitrogen and oxygen atoms in total. The lowest BCUT2D eigenvalue weighted by molar-refractivity contribution is -0.126. The highest BCUT2D eigenvalue weighted by molar-refractivity contribution is 5.96. The molecule has 2 aliphatic rings. The molecule has 4 rings (SSSR count). The molecule has 0 bridgehead atoms. The van der Waals surface area contributed by atoms with Gasteiger partial charge in [-0.2, -0.15) is 0 Å². The number of carbonyl (C=O) groups excluding carboxylic acids is 1. The van der Waals surface area contributed by atoms with E-state index in [9.17, 15) is 4.79 Å². The maximum absolute atomic E-state index is 12.7. The molecule has 0 spiro atoms. The third-order valence-electron chi connectivity index (χ3n) is 5.29. The highest BCUT2D eigenvalue weighted by atomic mass is 16.1. The van der Waals surface area contributed by atoms with E-state index in [1.54, 1.807) is 0 Å². The van der Waals surface area contributed by atoms with Crippen molar-refractivity contribution in [3.8, 4) is 11.1 Å². The fourth-order valence-corrected chi connectivity index (χ4v) is 4.23. The molecule has 0 unspecified atom stereocenters. The Morgan fingerprint density at radius 3 is 2.55 bits per heavy atom. The maximum atomic E-state index is 12.7. The van der Waals surface area contributed by atoms with Crippen molar-refractivity contribution in [3.63, 3.8) is 0 Å². The fraction of sp³-hybridized carbons (Fsp3) is 0.316. The van der Waals surface area contributed by atoms with Gasteiger partial charge >= 0.3 is 0 Å². The molecule has 2 atom stereocenters. The number of carbonyl (C=O) groups is 1. The summed E-state index contributed by atoms with van der Waals surface area (Å²) in [5.74, 6) is 0.755. The molecular weight excluding hydrogens is 244 g/mol. The molecule has 0 heterocycles. The van der Waals surface area contributed by atoms with Crippen molar-refractivity contribution in [1.29, 1.82) is 0 Å². The first kappa shape index (κ1) is 11.9. The van der Waals surface area contributed by atoms with Crippen LogP contribution in [0.1, 0.15) is 43.2 Å². The number of Topliss-reactive ketones (excluding diaryl/α,β-unsaturated/α-hetero) is 1. The van der Waals surface area contributed by atoms with Crippen molar-refractivity contribution >= 4 is 5.78 Å². The van der Waals surface area contributed by atoms with E-state index in [-0.39, 0.29) is 5.41 Å². The van der Waals surface area contributed by atoms with Gasteiger partial charge < -0.3 is 0 Å². The molecule has 1 fully saturated rings. The number of rotatable bonds is 0. The lowest BCUT2D eigenvalue weighted by Gasteiger charge is -2.45. The summed E-state index contributed by atoms with van der Waals surface area (Å²) in [5, 5.41) is 0. The van der Waals surface area contributed by atoms with Gasteiger partial charge in [-0.3, -0.25) is 4.79 Å². The van der Waals surface area contributed by atoms with Gasteiger partial charge in [0, 0.05) is 12.3 Å². The second kappa shape index (κ2) is 4.05. The van der Waals surface area contributed by atoms with Crippen molar-refractivity contribution in [2.45, 2.75) is 37.5 Å². The number of benzene rings is 2. The van der Waals surface area contributed by atoms with Gasteiger partial charge in [0.25, 0.3) is 0 Å². The predicted molar refractivity (Wildman–Crippen MR) is 80.8 cm³/mol. The Balaban J connectivity index is 2.08. The van der Waals surface area contributed by atoms with E-state index < -0.39 is 0 Å². The second-order valence-corrected chi connectivity index (χ2v) is 6.20. The largest absolute Gasteiger partial charge is 0.299 e. The molecule has 20 heavy (non-hydrogen) atoms. The highest BCUT2D eigenvalue weighted by Crippen LogP contribution is 2.55. The van der Waals surface area contributed by atoms with Gasteiger partial charge in [-0.25, -0.2) is 0 Å². The second-order valence-electron chi connectivity index (χ2n) is 6.20. The summed E-state index contributed by atoms with van der Waals surface area (Å²) in [7, 11) is 0. The first-order valence-corrected chi connectivity index (χ1v) is 7.45. The van der Waals surface area contributed by atoms with E-state index in [1.807, 2.05) is 0 Å². The Hall–Kier alpha value is -1.89. The minimum absolute atomic E-state index is 0.330. The van der Waals surface area contributed by atoms with Crippen LogP contribution in [0.5, 0.6) is 0 Å². The van der Waals surface area contributed by atoms with E-state index in [0.717, 1.165) is 19.3 Å². The zero-order valence-electron chi connectivity index (χ0n) is 11.7. The molecule has 0 aromatic heterocycles. The Morgan fingerprint density at radius 1 is 1.00 bits per heavy atom. The van der Waals surface area contributed by atoms with E-state index in [4.69, 9.17) is 0 Å². The van der Waals surface area contributed by atoms with Gasteiger partial charge in [0.2, 0.25) is 0 Å². The van der Waals surface area contributed by atoms with Crippen LogP contribution in [0.4, 0.5) is 0 Å². The number of ketones is 1. The molecule has 0 N–H and O–H groups in total. The van der Waals surface area contributed by atoms with E-state index in [1.165, 1.54) is 22.3 Å². The SMILES string of the molecule is C[C@]12C(=O)CCC[C@@H]1c1ccccc1-c1ccccc12. The van der Waals surface area contributed by atoms with Crippen LogP contribution >= 0.6 is 0 Å². The number of hydrogen-bond acceptors (Lipinski definition) is 1. The normalized spacial score (nSPS) is 27.4. The Bertz CT molecular complexity index is 700. The molecular formula is C19H18O. The lowest BCUT2D eigenvalue weighted by atomic mass is 9.56. The van der Waals surface area contributed by atoms with Crippen molar-refractivity contribution in [2.75, 3.05) is 0 Å². The fourth-order valence-electron chi connectivity index (χ4n) is 4.23. The minimum atomic E-state index is -0.330. The lowest BCUT2D eigenvalue weighted by Crippen LogP contribution is -2.44. The Morgan fingerprint density at radius 2 is 1.70 bits per heavy atom. The Labute approximate surface area is 119 Å². The molecule has 0 radical (unpaired) electrons. The van der Waals surface area contributed by atoms with E-state index in [2.05, 4.69) is 55.5 Å². The monoisotopic (exact) mass is 262 g/mol. The molecule has 2 aromatic carbocycles. The van der Waals surface area contributed by atoms with Gasteiger partial charge in [-0.1, -0.05) is 48.5 Å². The number of hydrogen-bond donors (Lipinski definition) is 0. The zero-order chi connectivity index (χ0) is 13.7. The van der Waals surface area contributed by atoms with E-state index >= 15 is 0 Å². The van der Waals surface area contributed by atoms with Crippen LogP contribution in [-0.2, 0) is 10.2 Å². The van der Waals surface area contributed by atoms with E-state index in [0.29, 0.717) is 11.7 Å². The first-order chi connectivity index (χ1) is 9.73. The molecule has 0 saturated heterocycles. The van der Waals surface area contributed by atoms with Crippen molar-refractivity contribution in [2.24, 2.45) is 0 Å². The first-order valence-electron chi connectivity index (χ1n) is 7.45. The van der Waals surface area contributed by atoms with Crippen LogP contribution in [-0.4, -0.2) is 5.78 Å². The molecule has 2 aromatic rings. The highest BCUT2D eigenvalue weighted by Gasteiger charge is 2.49. The molecule has 100 valence electrons.